The van der Waals surface area contributed by atoms with Gasteiger partial charge in [0.2, 0.25) is 11.0 Å². The summed E-state index contributed by atoms with van der Waals surface area (Å²) in [6.07, 6.45) is 5.98. The van der Waals surface area contributed by atoms with Crippen LogP contribution in [0.15, 0.2) is 306 Å². The number of anilines is 1. The van der Waals surface area contributed by atoms with E-state index in [9.17, 15) is 9.90 Å². The van der Waals surface area contributed by atoms with Crippen molar-refractivity contribution in [2.24, 2.45) is 5.16 Å². The predicted molar refractivity (Wildman–Crippen MR) is 351 cm³/mol. The molecule has 4 aliphatic rings. The Labute approximate surface area is 527 Å². The standard InChI is InChI=1S/C74H57N7O7S2/c82-62-44-53-46-75-80(47-54(53)45-63(62)83)43-25-30-52-48-89-70-65(69(85)81(70)66(52)71(86)87-67(50-26-9-1-10-27-50)51-28-11-2-12-29-51)77-68(84)64(79-88-74(58-37-19-6-20-38-58,59-39-21-7-22-40-59)60-41-23-8-24-42-60)61-49-90-72(76-61)78-73(55-31-13-3-14-32-55,56-33-15-4-16-34-56)57-35-17-5-18-36-57/h1-42,44-47,49,65,67,70,83H,43,48H2,(H,76,78)(H,77,84)/b30-25+,79-64-/t65?,70-/m1/s1. The van der Waals surface area contributed by atoms with Gasteiger partial charge in [-0.3, -0.25) is 24.0 Å². The smallest absolute Gasteiger partial charge is 0.356 e. The van der Waals surface area contributed by atoms with Crippen molar-refractivity contribution < 1.29 is 29.1 Å². The van der Waals surface area contributed by atoms with Crippen LogP contribution < -0.4 is 16.1 Å². The molecule has 14 nitrogen and oxygen atoms in total. The maximum Gasteiger partial charge on any atom is 0.356 e. The maximum atomic E-state index is 15.7. The number of hydrogen-bond acceptors (Lipinski definition) is 13. The topological polar surface area (TPSA) is 177 Å². The third-order valence-electron chi connectivity index (χ3n) is 16.0. The Morgan fingerprint density at radius 2 is 1.14 bits per heavy atom. The molecular formula is C74H57N7O7S2. The number of carbonyl (C=O) groups excluding carboxylic acids is 3. The third-order valence-corrected chi connectivity index (χ3v) is 18.1. The number of phenols is 1. The van der Waals surface area contributed by atoms with E-state index >= 15 is 14.4 Å². The normalized spacial score (nSPS) is 15.1. The summed E-state index contributed by atoms with van der Waals surface area (Å²) >= 11 is 2.67. The molecular weight excluding hydrogens is 1160 g/mol. The van der Waals surface area contributed by atoms with Gasteiger partial charge in [-0.25, -0.2) is 9.78 Å². The molecule has 3 N–H and O–H groups in total. The number of amides is 2. The number of fused-ring (bicyclic) bond motifs is 2. The summed E-state index contributed by atoms with van der Waals surface area (Å²) < 4.78 is 8.12. The third kappa shape index (κ3) is 11.5. The lowest BCUT2D eigenvalue weighted by molar-refractivity contribution is -0.154. The monoisotopic (exact) mass is 1220 g/mol. The summed E-state index contributed by atoms with van der Waals surface area (Å²) in [5, 5.41) is 27.9. The van der Waals surface area contributed by atoms with Gasteiger partial charge in [-0.15, -0.1) is 23.1 Å². The molecule has 9 aromatic rings. The summed E-state index contributed by atoms with van der Waals surface area (Å²) in [7, 11) is 0. The van der Waals surface area contributed by atoms with Crippen LogP contribution in [0.1, 0.15) is 56.3 Å². The summed E-state index contributed by atoms with van der Waals surface area (Å²) in [6, 6.07) is 79.7. The van der Waals surface area contributed by atoms with Crippen molar-refractivity contribution in [2.75, 3.05) is 11.1 Å². The zero-order valence-corrected chi connectivity index (χ0v) is 49.9. The molecule has 3 aliphatic heterocycles. The zero-order valence-electron chi connectivity index (χ0n) is 48.2. The van der Waals surface area contributed by atoms with Gasteiger partial charge < -0.3 is 25.3 Å². The Morgan fingerprint density at radius 1 is 0.656 bits per heavy atom. The molecule has 0 spiro atoms. The van der Waals surface area contributed by atoms with Crippen LogP contribution in [0.4, 0.5) is 5.13 Å². The first kappa shape index (κ1) is 58.1. The SMILES string of the molecule is O=C(OC(c1ccccc1)c1ccccc1)C1=C(/C=C/Cn2cc3cc(O)c(=O)cc-3cn2)CS[C@@H]2C(NC(=O)/C(=N\OC(c3ccccc3)(c3ccccc3)c3ccccc3)c3csc(NC(c4ccccc4)(c4ccccc4)c4ccccc4)n3)C(=O)N12. The highest BCUT2D eigenvalue weighted by atomic mass is 32.2. The fourth-order valence-electron chi connectivity index (χ4n) is 11.7. The number of allylic oxidation sites excluding steroid dienone is 2. The van der Waals surface area contributed by atoms with E-state index in [1.54, 1.807) is 28.5 Å². The quantitative estimate of drug-likeness (QED) is 0.0218. The summed E-state index contributed by atoms with van der Waals surface area (Å²) in [5.41, 5.74) is 5.26. The van der Waals surface area contributed by atoms with Gasteiger partial charge in [0.25, 0.3) is 11.8 Å². The Bertz CT molecular complexity index is 4230. The Morgan fingerprint density at radius 3 is 1.66 bits per heavy atom. The fraction of sp³-hybridized carbons (Fsp3) is 0.0946. The van der Waals surface area contributed by atoms with Gasteiger partial charge in [-0.2, -0.15) is 5.10 Å². The van der Waals surface area contributed by atoms with E-state index in [0.29, 0.717) is 21.8 Å². The number of thiazole rings is 1. The lowest BCUT2D eigenvalue weighted by atomic mass is 9.77. The van der Waals surface area contributed by atoms with Gasteiger partial charge in [-0.1, -0.05) is 260 Å². The molecule has 2 amide bonds. The summed E-state index contributed by atoms with van der Waals surface area (Å²) in [4.78, 5) is 71.8. The highest BCUT2D eigenvalue weighted by molar-refractivity contribution is 8.00. The van der Waals surface area contributed by atoms with Gasteiger partial charge >= 0.3 is 5.97 Å². The summed E-state index contributed by atoms with van der Waals surface area (Å²) in [5.74, 6) is -2.18. The number of benzene rings is 9. The van der Waals surface area contributed by atoms with Crippen LogP contribution in [-0.2, 0) is 41.6 Å². The number of esters is 1. The van der Waals surface area contributed by atoms with Crippen LogP contribution in [-0.4, -0.2) is 65.4 Å². The number of aromatic nitrogens is 3. The molecule has 13 rings (SSSR count). The highest BCUT2D eigenvalue weighted by Crippen LogP contribution is 2.45. The van der Waals surface area contributed by atoms with Gasteiger partial charge in [0, 0.05) is 45.1 Å². The fourth-order valence-corrected chi connectivity index (χ4v) is 13.7. The number of hydrogen-bond donors (Lipinski definition) is 3. The van der Waals surface area contributed by atoms with Crippen molar-refractivity contribution in [2.45, 2.75) is 35.2 Å². The second-order valence-electron chi connectivity index (χ2n) is 21.5. The van der Waals surface area contributed by atoms with Gasteiger partial charge in [-0.05, 0) is 45.5 Å². The van der Waals surface area contributed by atoms with Crippen molar-refractivity contribution in [3.8, 4) is 16.9 Å². The number of nitrogens with zero attached hydrogens (tertiary/aromatic N) is 5. The number of rotatable bonds is 20. The minimum absolute atomic E-state index is 0.0243. The number of β-lactam (4-membered cyclic amide) rings is 1. The molecule has 1 aromatic heterocycles. The number of carbonyl (C=O) groups is 3. The van der Waals surface area contributed by atoms with Crippen LogP contribution in [0.5, 0.6) is 5.75 Å². The van der Waals surface area contributed by atoms with Crippen molar-refractivity contribution in [3.05, 3.63) is 356 Å². The average molecular weight is 1220 g/mol. The molecule has 0 saturated carbocycles. The maximum absolute atomic E-state index is 15.7. The van der Waals surface area contributed by atoms with Crippen molar-refractivity contribution in [1.82, 2.24) is 25.0 Å². The number of aromatic hydroxyl groups is 1. The predicted octanol–water partition coefficient (Wildman–Crippen LogP) is 12.9. The zero-order chi connectivity index (χ0) is 61.4. The molecule has 1 unspecified atom stereocenters. The minimum atomic E-state index is -1.41. The molecule has 4 heterocycles. The molecule has 1 aliphatic carbocycles. The van der Waals surface area contributed by atoms with E-state index < -0.39 is 51.9 Å². The number of ether oxygens (including phenoxy) is 1. The molecule has 1 fully saturated rings. The molecule has 442 valence electrons. The number of oxime groups is 1. The molecule has 0 bridgehead atoms. The largest absolute Gasteiger partial charge is 0.504 e. The first-order valence-electron chi connectivity index (χ1n) is 29.2. The van der Waals surface area contributed by atoms with Crippen LogP contribution in [0, 0.1) is 0 Å². The minimum Gasteiger partial charge on any atom is -0.504 e. The molecule has 0 radical (unpaired) electrons. The lowest BCUT2D eigenvalue weighted by Crippen LogP contribution is -2.71. The van der Waals surface area contributed by atoms with Gasteiger partial charge in [0.1, 0.15) is 28.3 Å². The molecule has 16 heteroatoms. The molecule has 2 atom stereocenters. The number of thioether (sulfide) groups is 1. The van der Waals surface area contributed by atoms with E-state index in [1.165, 1.54) is 40.1 Å². The highest BCUT2D eigenvalue weighted by Gasteiger charge is 2.55. The number of phenolic OH excluding ortho intramolecular Hbond substituents is 1. The molecule has 8 aromatic carbocycles. The average Bonchev–Trinajstić information content (AvgIpc) is 0.815. The van der Waals surface area contributed by atoms with E-state index in [-0.39, 0.29) is 35.1 Å². The van der Waals surface area contributed by atoms with E-state index in [0.717, 1.165) is 44.5 Å². The van der Waals surface area contributed by atoms with Crippen LogP contribution in [0.25, 0.3) is 11.1 Å². The Kier molecular flexibility index (Phi) is 16.6. The van der Waals surface area contributed by atoms with E-state index in [4.69, 9.17) is 19.7 Å². The lowest BCUT2D eigenvalue weighted by Gasteiger charge is -2.49. The van der Waals surface area contributed by atoms with Gasteiger partial charge in [0.15, 0.2) is 22.7 Å². The van der Waals surface area contributed by atoms with Crippen LogP contribution in [0.3, 0.4) is 0 Å². The second-order valence-corrected chi connectivity index (χ2v) is 23.5. The first-order chi connectivity index (χ1) is 44.2. The Hall–Kier alpha value is -10.9. The Balaban J connectivity index is 0.884. The van der Waals surface area contributed by atoms with Crippen molar-refractivity contribution >= 4 is 51.7 Å². The molecule has 1 saturated heterocycles. The molecule has 90 heavy (non-hydrogen) atoms. The summed E-state index contributed by atoms with van der Waals surface area (Å²) in [6.45, 7) is 0.225. The van der Waals surface area contributed by atoms with Crippen molar-refractivity contribution in [1.29, 1.82) is 0 Å². The van der Waals surface area contributed by atoms with Crippen LogP contribution >= 0.6 is 23.1 Å². The van der Waals surface area contributed by atoms with Crippen LogP contribution in [0.2, 0.25) is 0 Å². The van der Waals surface area contributed by atoms with E-state index in [1.807, 2.05) is 212 Å². The van der Waals surface area contributed by atoms with E-state index in [2.05, 4.69) is 52.1 Å². The first-order valence-corrected chi connectivity index (χ1v) is 31.1. The number of nitrogens with one attached hydrogen (secondary N) is 2. The second kappa shape index (κ2) is 25.8. The van der Waals surface area contributed by atoms with Crippen molar-refractivity contribution in [3.63, 3.8) is 0 Å². The van der Waals surface area contributed by atoms with Gasteiger partial charge in [0.05, 0.1) is 12.7 Å².